The minimum absolute atomic E-state index is 0.0326. The number of rotatable bonds is 2. The normalized spacial score (nSPS) is 13.8. The summed E-state index contributed by atoms with van der Waals surface area (Å²) in [5.41, 5.74) is 0.356. The van der Waals surface area contributed by atoms with Crippen LogP contribution in [0.4, 0.5) is 0 Å². The van der Waals surface area contributed by atoms with E-state index < -0.39 is 0 Å². The molecule has 2 heteroatoms. The van der Waals surface area contributed by atoms with Crippen LogP contribution >= 0.6 is 0 Å². The second kappa shape index (κ2) is 3.92. The predicted molar refractivity (Wildman–Crippen MR) is 55.7 cm³/mol. The van der Waals surface area contributed by atoms with Gasteiger partial charge in [-0.15, -0.1) is 0 Å². The van der Waals surface area contributed by atoms with Crippen molar-refractivity contribution < 1.29 is 0 Å². The third-order valence-electron chi connectivity index (χ3n) is 1.18. The molecule has 0 bridgehead atoms. The summed E-state index contributed by atoms with van der Waals surface area (Å²) >= 11 is 0. The van der Waals surface area contributed by atoms with E-state index in [1.165, 1.54) is 0 Å². The Labute approximate surface area is 76.5 Å². The molecule has 12 heavy (non-hydrogen) atoms. The first kappa shape index (κ1) is 11.5. The van der Waals surface area contributed by atoms with Crippen LogP contribution in [0.1, 0.15) is 41.5 Å². The van der Waals surface area contributed by atoms with Crippen LogP contribution in [0.15, 0.2) is 4.99 Å². The van der Waals surface area contributed by atoms with Gasteiger partial charge in [0, 0.05) is 6.54 Å². The largest absolute Gasteiger partial charge is 0.376 e. The zero-order chi connectivity index (χ0) is 9.83. The van der Waals surface area contributed by atoms with E-state index in [4.69, 9.17) is 0 Å². The van der Waals surface area contributed by atoms with Gasteiger partial charge in [-0.1, -0.05) is 20.8 Å². The van der Waals surface area contributed by atoms with E-state index in [1.54, 1.807) is 0 Å². The van der Waals surface area contributed by atoms with Gasteiger partial charge < -0.3 is 5.32 Å². The van der Waals surface area contributed by atoms with Crippen molar-refractivity contribution in [2.45, 2.75) is 47.1 Å². The van der Waals surface area contributed by atoms with Gasteiger partial charge in [0.1, 0.15) is 0 Å². The molecule has 0 rings (SSSR count). The molecule has 0 saturated heterocycles. The third-order valence-corrected chi connectivity index (χ3v) is 1.18. The number of nitrogens with one attached hydrogen (secondary N) is 1. The van der Waals surface area contributed by atoms with Gasteiger partial charge in [0.15, 0.2) is 0 Å². The quantitative estimate of drug-likeness (QED) is 0.499. The van der Waals surface area contributed by atoms with Gasteiger partial charge in [0.25, 0.3) is 0 Å². The van der Waals surface area contributed by atoms with Gasteiger partial charge in [0.05, 0.1) is 11.9 Å². The van der Waals surface area contributed by atoms with E-state index in [0.29, 0.717) is 5.41 Å². The van der Waals surface area contributed by atoms with Crippen LogP contribution in [0.3, 0.4) is 0 Å². The maximum Gasteiger partial charge on any atom is 0.0830 e. The summed E-state index contributed by atoms with van der Waals surface area (Å²) in [6, 6.07) is 0. The van der Waals surface area contributed by atoms with Crippen molar-refractivity contribution in [1.82, 2.24) is 5.32 Å². The maximum atomic E-state index is 4.32. The van der Waals surface area contributed by atoms with Crippen LogP contribution in [0.2, 0.25) is 0 Å². The van der Waals surface area contributed by atoms with Gasteiger partial charge >= 0.3 is 0 Å². The second-order valence-corrected chi connectivity index (χ2v) is 5.37. The summed E-state index contributed by atoms with van der Waals surface area (Å²) in [6.45, 7) is 13.8. The Balaban J connectivity index is 3.64. The lowest BCUT2D eigenvalue weighted by molar-refractivity contribution is 0.409. The molecule has 0 radical (unpaired) electrons. The molecular formula is C10H22N2. The summed E-state index contributed by atoms with van der Waals surface area (Å²) in [7, 11) is 0. The molecule has 0 amide bonds. The number of hydrogen-bond acceptors (Lipinski definition) is 1. The SMILES string of the molecule is CC(C)(C)CN/C=N\C(C)(C)C. The molecule has 0 saturated carbocycles. The summed E-state index contributed by atoms with van der Waals surface area (Å²) in [4.78, 5) is 4.32. The molecule has 0 aliphatic rings. The lowest BCUT2D eigenvalue weighted by Gasteiger charge is -2.18. The minimum Gasteiger partial charge on any atom is -0.376 e. The van der Waals surface area contributed by atoms with Crippen LogP contribution in [0.5, 0.6) is 0 Å². The van der Waals surface area contributed by atoms with Gasteiger partial charge in [-0.2, -0.15) is 0 Å². The van der Waals surface area contributed by atoms with Gasteiger partial charge in [-0.25, -0.2) is 0 Å². The minimum atomic E-state index is 0.0326. The summed E-state index contributed by atoms with van der Waals surface area (Å²) < 4.78 is 0. The summed E-state index contributed by atoms with van der Waals surface area (Å²) in [5, 5.41) is 3.19. The van der Waals surface area contributed by atoms with Crippen molar-refractivity contribution in [2.75, 3.05) is 6.54 Å². The molecule has 0 spiro atoms. The molecule has 0 aliphatic heterocycles. The van der Waals surface area contributed by atoms with Crippen molar-refractivity contribution in [3.63, 3.8) is 0 Å². The van der Waals surface area contributed by atoms with Gasteiger partial charge in [0.2, 0.25) is 0 Å². The molecule has 0 aromatic carbocycles. The first-order valence-corrected chi connectivity index (χ1v) is 4.48. The second-order valence-electron chi connectivity index (χ2n) is 5.37. The lowest BCUT2D eigenvalue weighted by Crippen LogP contribution is -2.26. The molecule has 0 aromatic rings. The van der Waals surface area contributed by atoms with Crippen molar-refractivity contribution in [1.29, 1.82) is 0 Å². The smallest absolute Gasteiger partial charge is 0.0830 e. The first-order chi connectivity index (χ1) is 5.21. The van der Waals surface area contributed by atoms with Crippen molar-refractivity contribution in [2.24, 2.45) is 10.4 Å². The van der Waals surface area contributed by atoms with Crippen LogP contribution in [-0.2, 0) is 0 Å². The number of hydrogen-bond donors (Lipinski definition) is 1. The van der Waals surface area contributed by atoms with E-state index >= 15 is 0 Å². The molecule has 0 heterocycles. The maximum absolute atomic E-state index is 4.32. The van der Waals surface area contributed by atoms with E-state index in [-0.39, 0.29) is 5.54 Å². The fourth-order valence-electron chi connectivity index (χ4n) is 0.591. The third kappa shape index (κ3) is 9.47. The molecule has 0 aromatic heterocycles. The van der Waals surface area contributed by atoms with E-state index in [9.17, 15) is 0 Å². The standard InChI is InChI=1S/C10H22N2/c1-9(2,3)7-11-8-12-10(4,5)6/h8H,7H2,1-6H3,(H,11,12). The summed E-state index contributed by atoms with van der Waals surface area (Å²) in [6.07, 6.45) is 1.81. The average Bonchev–Trinajstić information content (AvgIpc) is 1.76. The molecule has 1 N–H and O–H groups in total. The van der Waals surface area contributed by atoms with Gasteiger partial charge in [-0.3, -0.25) is 4.99 Å². The molecular weight excluding hydrogens is 148 g/mol. The summed E-state index contributed by atoms with van der Waals surface area (Å²) in [5.74, 6) is 0. The van der Waals surface area contributed by atoms with E-state index in [0.717, 1.165) is 6.54 Å². The highest BCUT2D eigenvalue weighted by Gasteiger charge is 2.08. The lowest BCUT2D eigenvalue weighted by atomic mass is 9.97. The Hall–Kier alpha value is -0.530. The zero-order valence-electron chi connectivity index (χ0n) is 9.23. The van der Waals surface area contributed by atoms with Crippen LogP contribution in [0, 0.1) is 5.41 Å². The van der Waals surface area contributed by atoms with Crippen LogP contribution in [-0.4, -0.2) is 18.4 Å². The monoisotopic (exact) mass is 170 g/mol. The Morgan fingerprint density at radius 3 is 1.92 bits per heavy atom. The Morgan fingerprint density at radius 2 is 1.58 bits per heavy atom. The highest BCUT2D eigenvalue weighted by atomic mass is 15.0. The van der Waals surface area contributed by atoms with Gasteiger partial charge in [-0.05, 0) is 26.2 Å². The Bertz CT molecular complexity index is 146. The predicted octanol–water partition coefficient (Wildman–Crippen LogP) is 2.45. The van der Waals surface area contributed by atoms with E-state index in [2.05, 4.69) is 51.9 Å². The highest BCUT2D eigenvalue weighted by molar-refractivity contribution is 5.54. The molecule has 0 aliphatic carbocycles. The molecule has 0 fully saturated rings. The molecule has 0 atom stereocenters. The first-order valence-electron chi connectivity index (χ1n) is 4.48. The van der Waals surface area contributed by atoms with E-state index in [1.807, 2.05) is 6.34 Å². The fourth-order valence-corrected chi connectivity index (χ4v) is 0.591. The zero-order valence-corrected chi connectivity index (χ0v) is 9.23. The van der Waals surface area contributed by atoms with Crippen molar-refractivity contribution >= 4 is 6.34 Å². The molecule has 72 valence electrons. The Kier molecular flexibility index (Phi) is 3.75. The highest BCUT2D eigenvalue weighted by Crippen LogP contribution is 2.10. The molecule has 0 unspecified atom stereocenters. The van der Waals surface area contributed by atoms with Crippen molar-refractivity contribution in [3.8, 4) is 0 Å². The Morgan fingerprint density at radius 1 is 1.08 bits per heavy atom. The van der Waals surface area contributed by atoms with Crippen LogP contribution in [0.25, 0.3) is 0 Å². The molecule has 2 nitrogen and oxygen atoms in total. The van der Waals surface area contributed by atoms with Crippen LogP contribution < -0.4 is 5.32 Å². The average molecular weight is 170 g/mol. The van der Waals surface area contributed by atoms with Crippen molar-refractivity contribution in [3.05, 3.63) is 0 Å². The fraction of sp³-hybridized carbons (Fsp3) is 0.900. The number of nitrogens with zero attached hydrogens (tertiary/aromatic N) is 1. The topological polar surface area (TPSA) is 24.4 Å². The number of aliphatic imine (C=N–C) groups is 1.